The minimum Gasteiger partial charge on any atom is -0.361 e. The van der Waals surface area contributed by atoms with Crippen LogP contribution in [0.2, 0.25) is 0 Å². The van der Waals surface area contributed by atoms with Crippen molar-refractivity contribution in [3.8, 4) is 0 Å². The van der Waals surface area contributed by atoms with Gasteiger partial charge >= 0.3 is 0 Å². The van der Waals surface area contributed by atoms with Crippen LogP contribution in [0.1, 0.15) is 56.4 Å². The van der Waals surface area contributed by atoms with Crippen molar-refractivity contribution in [3.63, 3.8) is 0 Å². The van der Waals surface area contributed by atoms with E-state index in [-0.39, 0.29) is 0 Å². The predicted molar refractivity (Wildman–Crippen MR) is 51.7 cm³/mol. The maximum atomic E-state index is 5.34. The highest BCUT2D eigenvalue weighted by atomic mass is 16.5. The maximum Gasteiger partial charge on any atom is 0.140 e. The molecule has 1 fully saturated rings. The third-order valence-corrected chi connectivity index (χ3v) is 2.95. The molecule has 1 aromatic rings. The molecule has 1 saturated carbocycles. The fraction of sp³-hybridized carbons (Fsp3) is 0.727. The van der Waals surface area contributed by atoms with Gasteiger partial charge in [-0.2, -0.15) is 0 Å². The van der Waals surface area contributed by atoms with Crippen molar-refractivity contribution in [2.24, 2.45) is 0 Å². The zero-order chi connectivity index (χ0) is 9.10. The second-order valence-corrected chi connectivity index (χ2v) is 3.91. The van der Waals surface area contributed by atoms with Gasteiger partial charge in [-0.25, -0.2) is 0 Å². The first-order valence-corrected chi connectivity index (χ1v) is 5.35. The van der Waals surface area contributed by atoms with Crippen molar-refractivity contribution in [2.75, 3.05) is 0 Å². The Balaban J connectivity index is 2.05. The third kappa shape index (κ3) is 1.93. The van der Waals surface area contributed by atoms with E-state index in [1.54, 1.807) is 0 Å². The normalized spacial score (nSPS) is 19.2. The Morgan fingerprint density at radius 3 is 2.77 bits per heavy atom. The number of hydrogen-bond donors (Lipinski definition) is 0. The number of aromatic nitrogens is 1. The van der Waals surface area contributed by atoms with Crippen LogP contribution >= 0.6 is 0 Å². The second-order valence-electron chi connectivity index (χ2n) is 3.91. The molecule has 0 aromatic carbocycles. The Kier molecular flexibility index (Phi) is 2.67. The molecule has 2 nitrogen and oxygen atoms in total. The predicted octanol–water partition coefficient (Wildman–Crippen LogP) is 3.28. The molecule has 2 heteroatoms. The molecule has 72 valence electrons. The monoisotopic (exact) mass is 179 g/mol. The van der Waals surface area contributed by atoms with Gasteiger partial charge in [-0.3, -0.25) is 0 Å². The van der Waals surface area contributed by atoms with Gasteiger partial charge < -0.3 is 4.52 Å². The van der Waals surface area contributed by atoms with Crippen molar-refractivity contribution >= 4 is 0 Å². The number of rotatable bonds is 2. The van der Waals surface area contributed by atoms with Crippen LogP contribution in [0.15, 0.2) is 10.6 Å². The van der Waals surface area contributed by atoms with Crippen molar-refractivity contribution in [1.82, 2.24) is 5.16 Å². The van der Waals surface area contributed by atoms with Gasteiger partial charge in [0.2, 0.25) is 0 Å². The maximum absolute atomic E-state index is 5.34. The summed E-state index contributed by atoms with van der Waals surface area (Å²) in [6.07, 6.45) is 7.66. The number of nitrogens with zero attached hydrogens (tertiary/aromatic N) is 1. The molecule has 1 aromatic heterocycles. The van der Waals surface area contributed by atoms with Crippen molar-refractivity contribution in [3.05, 3.63) is 17.5 Å². The third-order valence-electron chi connectivity index (χ3n) is 2.95. The van der Waals surface area contributed by atoms with Gasteiger partial charge in [-0.05, 0) is 19.3 Å². The van der Waals surface area contributed by atoms with E-state index in [4.69, 9.17) is 4.52 Å². The lowest BCUT2D eigenvalue weighted by Crippen LogP contribution is -2.02. The lowest BCUT2D eigenvalue weighted by Gasteiger charge is -2.18. The van der Waals surface area contributed by atoms with E-state index in [0.717, 1.165) is 17.9 Å². The average Bonchev–Trinajstić information content (AvgIpc) is 2.67. The average molecular weight is 179 g/mol. The molecule has 0 N–H and O–H groups in total. The fourth-order valence-corrected chi connectivity index (χ4v) is 2.07. The molecule has 0 aliphatic heterocycles. The summed E-state index contributed by atoms with van der Waals surface area (Å²) in [7, 11) is 0. The van der Waals surface area contributed by atoms with E-state index >= 15 is 0 Å². The van der Waals surface area contributed by atoms with Gasteiger partial charge in [-0.1, -0.05) is 31.3 Å². The zero-order valence-electron chi connectivity index (χ0n) is 8.25. The van der Waals surface area contributed by atoms with Crippen LogP contribution in [0.4, 0.5) is 0 Å². The molecule has 1 aliphatic carbocycles. The lowest BCUT2D eigenvalue weighted by atomic mass is 9.87. The summed E-state index contributed by atoms with van der Waals surface area (Å²) in [5, 5.41) is 4.03. The molecule has 13 heavy (non-hydrogen) atoms. The van der Waals surface area contributed by atoms with Crippen molar-refractivity contribution < 1.29 is 4.52 Å². The van der Waals surface area contributed by atoms with Crippen LogP contribution in [-0.2, 0) is 6.42 Å². The van der Waals surface area contributed by atoms with Gasteiger partial charge in [0.25, 0.3) is 0 Å². The summed E-state index contributed by atoms with van der Waals surface area (Å²) in [5.41, 5.74) is 1.10. The van der Waals surface area contributed by atoms with E-state index in [2.05, 4.69) is 18.1 Å². The highest BCUT2D eigenvalue weighted by Gasteiger charge is 2.19. The fourth-order valence-electron chi connectivity index (χ4n) is 2.07. The van der Waals surface area contributed by atoms with Crippen LogP contribution in [0.3, 0.4) is 0 Å². The van der Waals surface area contributed by atoms with Crippen LogP contribution < -0.4 is 0 Å². The van der Waals surface area contributed by atoms with Crippen molar-refractivity contribution in [1.29, 1.82) is 0 Å². The molecule has 1 heterocycles. The van der Waals surface area contributed by atoms with Crippen LogP contribution in [0.25, 0.3) is 0 Å². The van der Waals surface area contributed by atoms with Crippen LogP contribution in [0.5, 0.6) is 0 Å². The molecule has 0 bridgehead atoms. The Morgan fingerprint density at radius 1 is 1.38 bits per heavy atom. The molecule has 0 unspecified atom stereocenters. The molecule has 0 amide bonds. The quantitative estimate of drug-likeness (QED) is 0.696. The van der Waals surface area contributed by atoms with E-state index in [9.17, 15) is 0 Å². The molecular weight excluding hydrogens is 162 g/mol. The lowest BCUT2D eigenvalue weighted by molar-refractivity contribution is 0.319. The summed E-state index contributed by atoms with van der Waals surface area (Å²) < 4.78 is 5.34. The molecule has 0 spiro atoms. The first kappa shape index (κ1) is 8.79. The SMILES string of the molecule is CCc1cc(C2CCCCC2)on1. The molecule has 0 radical (unpaired) electrons. The van der Waals surface area contributed by atoms with Crippen molar-refractivity contribution in [2.45, 2.75) is 51.4 Å². The standard InChI is InChI=1S/C11H17NO/c1-2-10-8-11(13-12-10)9-6-4-3-5-7-9/h8-9H,2-7H2,1H3. The van der Waals surface area contributed by atoms with Gasteiger partial charge in [0, 0.05) is 12.0 Å². The summed E-state index contributed by atoms with van der Waals surface area (Å²) in [6, 6.07) is 2.13. The largest absolute Gasteiger partial charge is 0.361 e. The van der Waals surface area contributed by atoms with Gasteiger partial charge in [0.15, 0.2) is 0 Å². The molecule has 1 aliphatic rings. The first-order chi connectivity index (χ1) is 6.40. The Bertz CT molecular complexity index is 261. The summed E-state index contributed by atoms with van der Waals surface area (Å²) >= 11 is 0. The summed E-state index contributed by atoms with van der Waals surface area (Å²) in [6.45, 7) is 2.11. The summed E-state index contributed by atoms with van der Waals surface area (Å²) in [5.74, 6) is 1.78. The Morgan fingerprint density at radius 2 is 2.15 bits per heavy atom. The van der Waals surface area contributed by atoms with E-state index in [0.29, 0.717) is 5.92 Å². The van der Waals surface area contributed by atoms with Gasteiger partial charge in [-0.15, -0.1) is 0 Å². The summed E-state index contributed by atoms with van der Waals surface area (Å²) in [4.78, 5) is 0. The highest BCUT2D eigenvalue weighted by molar-refractivity contribution is 5.10. The first-order valence-electron chi connectivity index (χ1n) is 5.35. The second kappa shape index (κ2) is 3.95. The minimum atomic E-state index is 0.654. The smallest absolute Gasteiger partial charge is 0.140 e. The van der Waals surface area contributed by atoms with Crippen LogP contribution in [-0.4, -0.2) is 5.16 Å². The minimum absolute atomic E-state index is 0.654. The van der Waals surface area contributed by atoms with Gasteiger partial charge in [0.1, 0.15) is 5.76 Å². The highest BCUT2D eigenvalue weighted by Crippen LogP contribution is 2.32. The number of aryl methyl sites for hydroxylation is 1. The molecule has 0 saturated heterocycles. The zero-order valence-corrected chi connectivity index (χ0v) is 8.25. The van der Waals surface area contributed by atoms with E-state index in [1.165, 1.54) is 32.1 Å². The number of hydrogen-bond acceptors (Lipinski definition) is 2. The Labute approximate surface area is 79.3 Å². The molecular formula is C11H17NO. The topological polar surface area (TPSA) is 26.0 Å². The van der Waals surface area contributed by atoms with E-state index < -0.39 is 0 Å². The molecule has 0 atom stereocenters. The van der Waals surface area contributed by atoms with Crippen LogP contribution in [0, 0.1) is 0 Å². The molecule has 2 rings (SSSR count). The van der Waals surface area contributed by atoms with E-state index in [1.807, 2.05) is 0 Å². The Hall–Kier alpha value is -0.790. The van der Waals surface area contributed by atoms with Gasteiger partial charge in [0.05, 0.1) is 5.69 Å².